The molecule has 0 fully saturated rings. The molecule has 0 aromatic heterocycles. The van der Waals surface area contributed by atoms with Crippen LogP contribution in [0.2, 0.25) is 0 Å². The molecule has 0 aromatic rings. The number of rotatable bonds is 3. The van der Waals surface area contributed by atoms with Crippen LogP contribution in [0.4, 0.5) is 0 Å². The molecule has 1 heterocycles. The Morgan fingerprint density at radius 2 is 2.54 bits per heavy atom. The lowest BCUT2D eigenvalue weighted by Gasteiger charge is -2.01. The monoisotopic (exact) mass is 185 g/mol. The van der Waals surface area contributed by atoms with Gasteiger partial charge in [-0.1, -0.05) is 6.92 Å². The summed E-state index contributed by atoms with van der Waals surface area (Å²) in [6, 6.07) is 0. The molecule has 0 unspecified atom stereocenters. The van der Waals surface area contributed by atoms with E-state index in [4.69, 9.17) is 0 Å². The van der Waals surface area contributed by atoms with Gasteiger partial charge in [-0.05, 0) is 12.8 Å². The van der Waals surface area contributed by atoms with Crippen LogP contribution in [0, 0.1) is 0 Å². The third-order valence-corrected chi connectivity index (χ3v) is 1.32. The van der Waals surface area contributed by atoms with Crippen LogP contribution in [-0.2, 0) is 4.74 Å². The molecule has 1 aliphatic heterocycles. The van der Waals surface area contributed by atoms with E-state index in [2.05, 4.69) is 27.0 Å². The van der Waals surface area contributed by atoms with E-state index in [-0.39, 0.29) is 0 Å². The Labute approximate surface area is 80.1 Å². The molecule has 4 nitrogen and oxygen atoms in total. The lowest BCUT2D eigenvalue weighted by molar-refractivity contribution is 0.420. The van der Waals surface area contributed by atoms with E-state index in [1.807, 2.05) is 0 Å². The summed E-state index contributed by atoms with van der Waals surface area (Å²) in [6.45, 7) is 5.05. The normalized spacial score (nSPS) is 14.6. The van der Waals surface area contributed by atoms with Gasteiger partial charge in [0, 0.05) is 19.6 Å². The van der Waals surface area contributed by atoms with E-state index >= 15 is 0 Å². The van der Waals surface area contributed by atoms with Gasteiger partial charge in [-0.15, -0.1) is 0 Å². The Bertz CT molecular complexity index is 138. The molecule has 0 radical (unpaired) electrons. The summed E-state index contributed by atoms with van der Waals surface area (Å²) in [6.07, 6.45) is 5.50. The molecule has 0 amide bonds. The first-order chi connectivity index (χ1) is 6.41. The second-order valence-corrected chi connectivity index (χ2v) is 2.59. The van der Waals surface area contributed by atoms with Crippen LogP contribution < -0.4 is 5.32 Å². The Hall–Kier alpha value is -1.06. The molecular formula is C9H19N3O. The van der Waals surface area contributed by atoms with E-state index < -0.39 is 0 Å². The quantitative estimate of drug-likeness (QED) is 0.528. The minimum absolute atomic E-state index is 0.869. The van der Waals surface area contributed by atoms with Gasteiger partial charge >= 0.3 is 0 Å². The first-order valence-electron chi connectivity index (χ1n) is 4.64. The van der Waals surface area contributed by atoms with Gasteiger partial charge in [-0.25, -0.2) is 0 Å². The second kappa shape index (κ2) is 10.9. The smallest absolute Gasteiger partial charge is 0.168 e. The summed E-state index contributed by atoms with van der Waals surface area (Å²) < 4.78 is 4.55. The Balaban J connectivity index is 0.000000223. The average Bonchev–Trinajstić information content (AvgIpc) is 2.22. The molecule has 1 rings (SSSR count). The van der Waals surface area contributed by atoms with Gasteiger partial charge in [0.2, 0.25) is 0 Å². The Morgan fingerprint density at radius 1 is 1.69 bits per heavy atom. The average molecular weight is 185 g/mol. The maximum absolute atomic E-state index is 4.55. The molecular weight excluding hydrogens is 166 g/mol. The van der Waals surface area contributed by atoms with Crippen LogP contribution in [0.1, 0.15) is 19.8 Å². The highest BCUT2D eigenvalue weighted by Gasteiger charge is 1.85. The number of hydrogen-bond donors (Lipinski definition) is 1. The zero-order valence-corrected chi connectivity index (χ0v) is 8.49. The minimum Gasteiger partial charge on any atom is -0.487 e. The van der Waals surface area contributed by atoms with E-state index in [1.54, 1.807) is 13.4 Å². The van der Waals surface area contributed by atoms with Gasteiger partial charge in [0.05, 0.1) is 13.4 Å². The van der Waals surface area contributed by atoms with E-state index in [0.717, 1.165) is 26.1 Å². The minimum atomic E-state index is 0.869. The van der Waals surface area contributed by atoms with Crippen LogP contribution in [-0.4, -0.2) is 39.5 Å². The van der Waals surface area contributed by atoms with Crippen molar-refractivity contribution in [2.45, 2.75) is 19.8 Å². The number of methoxy groups -OCH3 is 1. The fraction of sp³-hybridized carbons (Fsp3) is 0.778. The summed E-state index contributed by atoms with van der Waals surface area (Å²) in [4.78, 5) is 7.80. The molecule has 0 spiro atoms. The largest absolute Gasteiger partial charge is 0.487 e. The third kappa shape index (κ3) is 10.9. The van der Waals surface area contributed by atoms with Crippen molar-refractivity contribution in [2.75, 3.05) is 26.7 Å². The standard InChI is InChI=1S/C5H11NO.C4H8N2/c1-3-4-6-5-7-2;1-2-5-4-6-3-1/h5H,3-4H2,1-2H3;4H,1-3H2,(H,5,6). The van der Waals surface area contributed by atoms with Gasteiger partial charge in [0.15, 0.2) is 6.40 Å². The predicted octanol–water partition coefficient (Wildman–Crippen LogP) is 1.08. The Morgan fingerprint density at radius 3 is 2.85 bits per heavy atom. The maximum Gasteiger partial charge on any atom is 0.168 e. The third-order valence-electron chi connectivity index (χ3n) is 1.32. The summed E-state index contributed by atoms with van der Waals surface area (Å²) in [7, 11) is 1.60. The van der Waals surface area contributed by atoms with Crippen molar-refractivity contribution in [2.24, 2.45) is 9.98 Å². The van der Waals surface area contributed by atoms with Crippen LogP contribution in [0.5, 0.6) is 0 Å². The van der Waals surface area contributed by atoms with Crippen molar-refractivity contribution in [3.05, 3.63) is 0 Å². The zero-order chi connectivity index (χ0) is 9.78. The molecule has 1 aliphatic rings. The molecule has 0 aliphatic carbocycles. The fourth-order valence-corrected chi connectivity index (χ4v) is 0.722. The van der Waals surface area contributed by atoms with Crippen LogP contribution in [0.15, 0.2) is 9.98 Å². The second-order valence-electron chi connectivity index (χ2n) is 2.59. The van der Waals surface area contributed by atoms with E-state index in [0.29, 0.717) is 0 Å². The van der Waals surface area contributed by atoms with Crippen LogP contribution >= 0.6 is 0 Å². The molecule has 1 N–H and O–H groups in total. The molecule has 76 valence electrons. The van der Waals surface area contributed by atoms with E-state index in [1.165, 1.54) is 12.8 Å². The van der Waals surface area contributed by atoms with Crippen LogP contribution in [0.25, 0.3) is 0 Å². The summed E-state index contributed by atoms with van der Waals surface area (Å²) >= 11 is 0. The highest BCUT2D eigenvalue weighted by Crippen LogP contribution is 1.79. The molecule has 4 heteroatoms. The number of nitrogens with zero attached hydrogens (tertiary/aromatic N) is 2. The molecule has 0 bridgehead atoms. The van der Waals surface area contributed by atoms with Crippen molar-refractivity contribution in [3.63, 3.8) is 0 Å². The Kier molecular flexibility index (Phi) is 10.0. The van der Waals surface area contributed by atoms with Gasteiger partial charge < -0.3 is 10.1 Å². The lowest BCUT2D eigenvalue weighted by Crippen LogP contribution is -2.17. The molecule has 0 saturated carbocycles. The van der Waals surface area contributed by atoms with Crippen molar-refractivity contribution < 1.29 is 4.74 Å². The number of ether oxygens (including phenoxy) is 1. The predicted molar refractivity (Wildman–Crippen MR) is 56.6 cm³/mol. The van der Waals surface area contributed by atoms with Gasteiger partial charge in [0.25, 0.3) is 0 Å². The lowest BCUT2D eigenvalue weighted by atomic mass is 10.4. The number of hydrogen-bond acceptors (Lipinski definition) is 4. The number of nitrogens with one attached hydrogen (secondary N) is 1. The van der Waals surface area contributed by atoms with Crippen molar-refractivity contribution in [1.82, 2.24) is 5.32 Å². The highest BCUT2D eigenvalue weighted by atomic mass is 16.5. The van der Waals surface area contributed by atoms with E-state index in [9.17, 15) is 0 Å². The fourth-order valence-electron chi connectivity index (χ4n) is 0.722. The van der Waals surface area contributed by atoms with Crippen molar-refractivity contribution >= 4 is 12.7 Å². The maximum atomic E-state index is 4.55. The number of aliphatic imine (C=N–C) groups is 2. The molecule has 0 aromatic carbocycles. The molecule has 0 saturated heterocycles. The summed E-state index contributed by atoms with van der Waals surface area (Å²) in [5.74, 6) is 0. The summed E-state index contributed by atoms with van der Waals surface area (Å²) in [5, 5.41) is 2.99. The van der Waals surface area contributed by atoms with Crippen molar-refractivity contribution in [3.8, 4) is 0 Å². The zero-order valence-electron chi connectivity index (χ0n) is 8.49. The topological polar surface area (TPSA) is 46.0 Å². The van der Waals surface area contributed by atoms with Gasteiger partial charge in [-0.2, -0.15) is 0 Å². The molecule has 0 atom stereocenters. The first-order valence-corrected chi connectivity index (χ1v) is 4.64. The van der Waals surface area contributed by atoms with Crippen molar-refractivity contribution in [1.29, 1.82) is 0 Å². The van der Waals surface area contributed by atoms with Gasteiger partial charge in [0.1, 0.15) is 0 Å². The first kappa shape index (κ1) is 11.9. The summed E-state index contributed by atoms with van der Waals surface area (Å²) in [5.41, 5.74) is 0. The molecule has 13 heavy (non-hydrogen) atoms. The SMILES string of the molecule is C1=NCCCN1.CCCN=COC. The van der Waals surface area contributed by atoms with Crippen LogP contribution in [0.3, 0.4) is 0 Å². The highest BCUT2D eigenvalue weighted by molar-refractivity contribution is 5.54. The van der Waals surface area contributed by atoms with Gasteiger partial charge in [-0.3, -0.25) is 9.98 Å².